The molecule has 0 bridgehead atoms. The fourth-order valence-corrected chi connectivity index (χ4v) is 3.61. The second-order valence-electron chi connectivity index (χ2n) is 6.39. The van der Waals surface area contributed by atoms with E-state index in [1.807, 2.05) is 11.6 Å². The number of nitrogens with one attached hydrogen (secondary N) is 1. The van der Waals surface area contributed by atoms with Gasteiger partial charge in [0.05, 0.1) is 5.69 Å². The van der Waals surface area contributed by atoms with Gasteiger partial charge in [0.15, 0.2) is 0 Å². The molecule has 3 rings (SSSR count). The number of aliphatic hydroxyl groups excluding tert-OH is 1. The highest BCUT2D eigenvalue weighted by Gasteiger charge is 2.39. The summed E-state index contributed by atoms with van der Waals surface area (Å²) in [5.41, 5.74) is 2.88. The molecule has 3 heterocycles. The van der Waals surface area contributed by atoms with E-state index in [1.54, 1.807) is 0 Å². The Hall–Kier alpha value is -1.40. The highest BCUT2D eigenvalue weighted by Crippen LogP contribution is 2.37. The zero-order valence-electron chi connectivity index (χ0n) is 13.2. The zero-order chi connectivity index (χ0) is 15.6. The van der Waals surface area contributed by atoms with Crippen LogP contribution in [0, 0.1) is 5.41 Å². The largest absolute Gasteiger partial charge is 0.396 e. The Labute approximate surface area is 130 Å². The molecular weight excluding hydrogens is 282 g/mol. The number of aromatic nitrogens is 2. The van der Waals surface area contributed by atoms with E-state index >= 15 is 0 Å². The van der Waals surface area contributed by atoms with Gasteiger partial charge in [-0.3, -0.25) is 9.48 Å². The summed E-state index contributed by atoms with van der Waals surface area (Å²) in [7, 11) is 0. The number of ether oxygens (including phenoxy) is 1. The van der Waals surface area contributed by atoms with Crippen molar-refractivity contribution in [2.45, 2.75) is 45.6 Å². The molecule has 2 aliphatic heterocycles. The van der Waals surface area contributed by atoms with Crippen molar-refractivity contribution in [3.8, 4) is 0 Å². The molecule has 1 aromatic heterocycles. The van der Waals surface area contributed by atoms with Crippen LogP contribution in [0.25, 0.3) is 0 Å². The molecule has 0 aliphatic carbocycles. The topological polar surface area (TPSA) is 76.4 Å². The van der Waals surface area contributed by atoms with E-state index in [0.717, 1.165) is 55.8 Å². The van der Waals surface area contributed by atoms with Crippen molar-refractivity contribution in [2.75, 3.05) is 26.4 Å². The van der Waals surface area contributed by atoms with E-state index in [-0.39, 0.29) is 17.9 Å². The predicted octanol–water partition coefficient (Wildman–Crippen LogP) is 0.911. The van der Waals surface area contributed by atoms with E-state index in [2.05, 4.69) is 10.4 Å². The average Bonchev–Trinajstić information content (AvgIpc) is 2.82. The first-order valence-corrected chi connectivity index (χ1v) is 8.24. The predicted molar refractivity (Wildman–Crippen MR) is 81.8 cm³/mol. The maximum atomic E-state index is 12.5. The van der Waals surface area contributed by atoms with Crippen LogP contribution < -0.4 is 5.32 Å². The fourth-order valence-electron chi connectivity index (χ4n) is 3.61. The molecule has 1 aromatic rings. The highest BCUT2D eigenvalue weighted by atomic mass is 16.5. The molecule has 2 aliphatic rings. The zero-order valence-corrected chi connectivity index (χ0v) is 13.2. The maximum absolute atomic E-state index is 12.5. The van der Waals surface area contributed by atoms with Crippen LogP contribution in [0.2, 0.25) is 0 Å². The first-order valence-electron chi connectivity index (χ1n) is 8.24. The van der Waals surface area contributed by atoms with Crippen molar-refractivity contribution in [1.82, 2.24) is 15.1 Å². The van der Waals surface area contributed by atoms with Crippen molar-refractivity contribution in [3.05, 3.63) is 17.0 Å². The van der Waals surface area contributed by atoms with Crippen LogP contribution in [0.4, 0.5) is 0 Å². The maximum Gasteiger partial charge on any atom is 0.269 e. The number of nitrogens with zero attached hydrogens (tertiary/aromatic N) is 2. The van der Waals surface area contributed by atoms with Gasteiger partial charge in [0.2, 0.25) is 0 Å². The van der Waals surface area contributed by atoms with Gasteiger partial charge in [-0.15, -0.1) is 0 Å². The minimum Gasteiger partial charge on any atom is -0.396 e. The van der Waals surface area contributed by atoms with Crippen molar-refractivity contribution in [1.29, 1.82) is 0 Å². The normalized spacial score (nSPS) is 20.5. The van der Waals surface area contributed by atoms with Crippen LogP contribution in [0.5, 0.6) is 0 Å². The molecule has 1 amide bonds. The van der Waals surface area contributed by atoms with Crippen molar-refractivity contribution in [3.63, 3.8) is 0 Å². The van der Waals surface area contributed by atoms with Gasteiger partial charge in [-0.1, -0.05) is 0 Å². The molecule has 0 atom stereocenters. The van der Waals surface area contributed by atoms with Crippen LogP contribution in [0.1, 0.15) is 47.9 Å². The molecule has 1 saturated heterocycles. The standard InChI is InChI=1S/C16H25N3O3/c1-2-19-14-12(13(18-19)4-3-7-20)10-16(11-17-15(14)21)5-8-22-9-6-16/h20H,2-11H2,1H3,(H,17,21). The van der Waals surface area contributed by atoms with Gasteiger partial charge in [0.1, 0.15) is 5.69 Å². The lowest BCUT2D eigenvalue weighted by molar-refractivity contribution is 0.0160. The van der Waals surface area contributed by atoms with Crippen molar-refractivity contribution >= 4 is 5.91 Å². The van der Waals surface area contributed by atoms with Crippen LogP contribution >= 0.6 is 0 Å². The monoisotopic (exact) mass is 307 g/mol. The third-order valence-electron chi connectivity index (χ3n) is 4.95. The Balaban J connectivity index is 1.99. The number of fused-ring (bicyclic) bond motifs is 1. The highest BCUT2D eigenvalue weighted by molar-refractivity contribution is 5.94. The fraction of sp³-hybridized carbons (Fsp3) is 0.750. The van der Waals surface area contributed by atoms with Crippen molar-refractivity contribution in [2.24, 2.45) is 5.41 Å². The number of rotatable bonds is 4. The summed E-state index contributed by atoms with van der Waals surface area (Å²) in [4.78, 5) is 12.5. The van der Waals surface area contributed by atoms with Crippen molar-refractivity contribution < 1.29 is 14.6 Å². The Morgan fingerprint density at radius 2 is 2.18 bits per heavy atom. The SMILES string of the molecule is CCn1nc(CCCO)c2c1C(=O)NCC1(CCOCC1)C2. The van der Waals surface area contributed by atoms with Gasteiger partial charge in [-0.2, -0.15) is 5.10 Å². The van der Waals surface area contributed by atoms with Gasteiger partial charge in [-0.25, -0.2) is 0 Å². The quantitative estimate of drug-likeness (QED) is 0.867. The molecule has 0 aromatic carbocycles. The first-order chi connectivity index (χ1) is 10.7. The Morgan fingerprint density at radius 1 is 1.41 bits per heavy atom. The molecule has 22 heavy (non-hydrogen) atoms. The summed E-state index contributed by atoms with van der Waals surface area (Å²) in [6.45, 7) is 5.08. The van der Waals surface area contributed by atoms with Crippen LogP contribution in [-0.4, -0.2) is 47.2 Å². The smallest absolute Gasteiger partial charge is 0.269 e. The molecule has 0 radical (unpaired) electrons. The molecule has 6 nitrogen and oxygen atoms in total. The van der Waals surface area contributed by atoms with Gasteiger partial charge >= 0.3 is 0 Å². The summed E-state index contributed by atoms with van der Waals surface area (Å²) >= 11 is 0. The second-order valence-corrected chi connectivity index (χ2v) is 6.39. The lowest BCUT2D eigenvalue weighted by Crippen LogP contribution is -2.40. The van der Waals surface area contributed by atoms with E-state index in [1.165, 1.54) is 0 Å². The van der Waals surface area contributed by atoms with Gasteiger partial charge in [-0.05, 0) is 44.4 Å². The third-order valence-corrected chi connectivity index (χ3v) is 4.95. The minimum absolute atomic E-state index is 0.0111. The molecular formula is C16H25N3O3. The number of carbonyl (C=O) groups is 1. The van der Waals surface area contributed by atoms with Crippen LogP contribution in [0.3, 0.4) is 0 Å². The average molecular weight is 307 g/mol. The van der Waals surface area contributed by atoms with E-state index in [4.69, 9.17) is 9.84 Å². The van der Waals surface area contributed by atoms with Gasteiger partial charge in [0.25, 0.3) is 5.91 Å². The molecule has 2 N–H and O–H groups in total. The second kappa shape index (κ2) is 6.38. The summed E-state index contributed by atoms with van der Waals surface area (Å²) in [5.74, 6) is -0.0111. The lowest BCUT2D eigenvalue weighted by atomic mass is 9.75. The van der Waals surface area contributed by atoms with E-state index < -0.39 is 0 Å². The molecule has 122 valence electrons. The Bertz CT molecular complexity index is 547. The summed E-state index contributed by atoms with van der Waals surface area (Å²) in [5, 5.41) is 16.8. The number of hydrogen-bond donors (Lipinski definition) is 2. The number of carbonyl (C=O) groups excluding carboxylic acids is 1. The Kier molecular flexibility index (Phi) is 4.49. The number of hydrogen-bond acceptors (Lipinski definition) is 4. The van der Waals surface area contributed by atoms with Crippen LogP contribution in [0.15, 0.2) is 0 Å². The summed E-state index contributed by atoms with van der Waals surface area (Å²) in [6, 6.07) is 0. The third kappa shape index (κ3) is 2.77. The Morgan fingerprint density at radius 3 is 2.86 bits per heavy atom. The number of amides is 1. The van der Waals surface area contributed by atoms with E-state index in [0.29, 0.717) is 19.5 Å². The molecule has 0 saturated carbocycles. The van der Waals surface area contributed by atoms with Gasteiger partial charge < -0.3 is 15.2 Å². The number of aliphatic hydroxyl groups is 1. The lowest BCUT2D eigenvalue weighted by Gasteiger charge is -2.36. The summed E-state index contributed by atoms with van der Waals surface area (Å²) < 4.78 is 7.32. The minimum atomic E-state index is -0.0111. The molecule has 1 fully saturated rings. The molecule has 1 spiro atoms. The molecule has 6 heteroatoms. The number of aryl methyl sites for hydroxylation is 2. The van der Waals surface area contributed by atoms with Gasteiger partial charge in [0, 0.05) is 38.5 Å². The molecule has 0 unspecified atom stereocenters. The summed E-state index contributed by atoms with van der Waals surface area (Å²) in [6.07, 6.45) is 4.24. The first kappa shape index (κ1) is 15.5. The van der Waals surface area contributed by atoms with Crippen LogP contribution in [-0.2, 0) is 24.1 Å². The van der Waals surface area contributed by atoms with E-state index in [9.17, 15) is 4.79 Å².